The lowest BCUT2D eigenvalue weighted by atomic mass is 9.82. The monoisotopic (exact) mass is 186 g/mol. The lowest BCUT2D eigenvalue weighted by Crippen LogP contribution is -2.58. The average Bonchev–Trinajstić information content (AvgIpc) is 2.65. The first-order valence-electron chi connectivity index (χ1n) is 5.32. The summed E-state index contributed by atoms with van der Waals surface area (Å²) in [5, 5.41) is 0. The Hall–Kier alpha value is -0.120. The van der Waals surface area contributed by atoms with Crippen LogP contribution in [0.15, 0.2) is 0 Å². The summed E-state index contributed by atoms with van der Waals surface area (Å²) >= 11 is 0. The Bertz CT molecular complexity index is 143. The zero-order valence-corrected chi connectivity index (χ0v) is 8.75. The van der Waals surface area contributed by atoms with Gasteiger partial charge in [0.05, 0.1) is 5.60 Å². The molecule has 3 heteroatoms. The van der Waals surface area contributed by atoms with E-state index >= 15 is 0 Å². The molecule has 0 aromatic rings. The summed E-state index contributed by atoms with van der Waals surface area (Å²) in [6.07, 6.45) is 4.00. The standard InChI is InChI=1S/C10H22N2O/c1-3-8(11)10(9(12)4-2)6-5-7-13-10/h8-9H,3-7,11-12H2,1-2H3. The lowest BCUT2D eigenvalue weighted by molar-refractivity contribution is -0.0384. The molecule has 1 saturated heterocycles. The second kappa shape index (κ2) is 4.40. The highest BCUT2D eigenvalue weighted by atomic mass is 16.5. The van der Waals surface area contributed by atoms with Gasteiger partial charge in [-0.15, -0.1) is 0 Å². The van der Waals surface area contributed by atoms with Crippen LogP contribution in [0.3, 0.4) is 0 Å². The molecule has 0 radical (unpaired) electrons. The van der Waals surface area contributed by atoms with E-state index < -0.39 is 0 Å². The van der Waals surface area contributed by atoms with E-state index in [4.69, 9.17) is 16.2 Å². The molecule has 0 aromatic carbocycles. The van der Waals surface area contributed by atoms with Crippen molar-refractivity contribution in [2.45, 2.75) is 57.2 Å². The van der Waals surface area contributed by atoms with E-state index in [1.807, 2.05) is 0 Å². The molecule has 1 aliphatic heterocycles. The Morgan fingerprint density at radius 3 is 2.08 bits per heavy atom. The maximum atomic E-state index is 6.08. The molecule has 0 bridgehead atoms. The fraction of sp³-hybridized carbons (Fsp3) is 1.00. The van der Waals surface area contributed by atoms with Gasteiger partial charge < -0.3 is 16.2 Å². The topological polar surface area (TPSA) is 61.3 Å². The van der Waals surface area contributed by atoms with Gasteiger partial charge in [0.1, 0.15) is 0 Å². The fourth-order valence-electron chi connectivity index (χ4n) is 2.23. The molecule has 0 amide bonds. The highest BCUT2D eigenvalue weighted by molar-refractivity contribution is 5.01. The van der Waals surface area contributed by atoms with Gasteiger partial charge in [0.2, 0.25) is 0 Å². The molecule has 2 atom stereocenters. The largest absolute Gasteiger partial charge is 0.372 e. The van der Waals surface area contributed by atoms with Crippen LogP contribution in [-0.2, 0) is 4.74 Å². The third-order valence-electron chi connectivity index (χ3n) is 3.22. The normalized spacial score (nSPS) is 33.2. The van der Waals surface area contributed by atoms with Crippen molar-refractivity contribution in [2.24, 2.45) is 11.5 Å². The van der Waals surface area contributed by atoms with Crippen LogP contribution in [0.5, 0.6) is 0 Å². The van der Waals surface area contributed by atoms with Crippen molar-refractivity contribution < 1.29 is 4.74 Å². The summed E-state index contributed by atoms with van der Waals surface area (Å²) < 4.78 is 5.80. The third-order valence-corrected chi connectivity index (χ3v) is 3.22. The van der Waals surface area contributed by atoms with Crippen molar-refractivity contribution in [2.75, 3.05) is 6.61 Å². The van der Waals surface area contributed by atoms with Crippen molar-refractivity contribution in [3.63, 3.8) is 0 Å². The molecule has 0 aliphatic carbocycles. The summed E-state index contributed by atoms with van der Waals surface area (Å²) in [6, 6.07) is 0.176. The van der Waals surface area contributed by atoms with Crippen LogP contribution in [0.2, 0.25) is 0 Å². The first-order chi connectivity index (χ1) is 6.17. The van der Waals surface area contributed by atoms with Crippen molar-refractivity contribution in [3.8, 4) is 0 Å². The second-order valence-electron chi connectivity index (χ2n) is 3.94. The molecule has 0 spiro atoms. The van der Waals surface area contributed by atoms with E-state index in [1.165, 1.54) is 0 Å². The smallest absolute Gasteiger partial charge is 0.0982 e. The minimum atomic E-state index is -0.233. The van der Waals surface area contributed by atoms with Crippen LogP contribution in [0.25, 0.3) is 0 Å². The second-order valence-corrected chi connectivity index (χ2v) is 3.94. The van der Waals surface area contributed by atoms with Crippen LogP contribution in [0.1, 0.15) is 39.5 Å². The molecule has 0 saturated carbocycles. The van der Waals surface area contributed by atoms with Gasteiger partial charge in [0.15, 0.2) is 0 Å². The minimum absolute atomic E-state index is 0.0879. The number of hydrogen-bond donors (Lipinski definition) is 2. The predicted octanol–water partition coefficient (Wildman–Crippen LogP) is 1.01. The van der Waals surface area contributed by atoms with Crippen molar-refractivity contribution in [1.82, 2.24) is 0 Å². The van der Waals surface area contributed by atoms with Gasteiger partial charge in [-0.1, -0.05) is 13.8 Å². The maximum absolute atomic E-state index is 6.08. The molecule has 13 heavy (non-hydrogen) atoms. The molecule has 1 fully saturated rings. The van der Waals surface area contributed by atoms with E-state index in [0.29, 0.717) is 0 Å². The van der Waals surface area contributed by atoms with Gasteiger partial charge in [-0.25, -0.2) is 0 Å². The van der Waals surface area contributed by atoms with Gasteiger partial charge in [-0.05, 0) is 25.7 Å². The first-order valence-corrected chi connectivity index (χ1v) is 5.32. The van der Waals surface area contributed by atoms with E-state index in [-0.39, 0.29) is 17.7 Å². The quantitative estimate of drug-likeness (QED) is 0.689. The van der Waals surface area contributed by atoms with Crippen LogP contribution < -0.4 is 11.5 Å². The van der Waals surface area contributed by atoms with E-state index in [0.717, 1.165) is 32.3 Å². The highest BCUT2D eigenvalue weighted by Crippen LogP contribution is 2.33. The lowest BCUT2D eigenvalue weighted by Gasteiger charge is -2.38. The molecule has 3 nitrogen and oxygen atoms in total. The Morgan fingerprint density at radius 1 is 1.23 bits per heavy atom. The summed E-state index contributed by atoms with van der Waals surface area (Å²) in [4.78, 5) is 0. The maximum Gasteiger partial charge on any atom is 0.0982 e. The van der Waals surface area contributed by atoms with Gasteiger partial charge in [0, 0.05) is 18.7 Å². The number of nitrogens with two attached hydrogens (primary N) is 2. The van der Waals surface area contributed by atoms with Gasteiger partial charge in [-0.3, -0.25) is 0 Å². The van der Waals surface area contributed by atoms with E-state index in [2.05, 4.69) is 13.8 Å². The molecular weight excluding hydrogens is 164 g/mol. The van der Waals surface area contributed by atoms with E-state index in [9.17, 15) is 0 Å². The summed E-state index contributed by atoms with van der Waals surface area (Å²) in [6.45, 7) is 5.01. The molecule has 0 aromatic heterocycles. The van der Waals surface area contributed by atoms with Crippen LogP contribution in [0, 0.1) is 0 Å². The van der Waals surface area contributed by atoms with Crippen LogP contribution in [0.4, 0.5) is 0 Å². The minimum Gasteiger partial charge on any atom is -0.372 e. The Balaban J connectivity index is 2.73. The fourth-order valence-corrected chi connectivity index (χ4v) is 2.23. The number of ether oxygens (including phenoxy) is 1. The Labute approximate surface area is 80.8 Å². The Kier molecular flexibility index (Phi) is 3.71. The summed E-state index contributed by atoms with van der Waals surface area (Å²) in [5.74, 6) is 0. The molecule has 2 unspecified atom stereocenters. The zero-order chi connectivity index (χ0) is 9.90. The SMILES string of the molecule is CCC(N)C1(C(N)CC)CCCO1. The van der Waals surface area contributed by atoms with Gasteiger partial charge in [0.25, 0.3) is 0 Å². The number of hydrogen-bond acceptors (Lipinski definition) is 3. The average molecular weight is 186 g/mol. The van der Waals surface area contributed by atoms with Crippen molar-refractivity contribution in [3.05, 3.63) is 0 Å². The first kappa shape index (κ1) is 11.0. The van der Waals surface area contributed by atoms with E-state index in [1.54, 1.807) is 0 Å². The Morgan fingerprint density at radius 2 is 1.77 bits per heavy atom. The number of rotatable bonds is 4. The molecule has 1 aliphatic rings. The summed E-state index contributed by atoms with van der Waals surface area (Å²) in [5.41, 5.74) is 11.9. The van der Waals surface area contributed by atoms with Crippen molar-refractivity contribution >= 4 is 0 Å². The van der Waals surface area contributed by atoms with Crippen LogP contribution in [-0.4, -0.2) is 24.3 Å². The molecule has 4 N–H and O–H groups in total. The zero-order valence-electron chi connectivity index (χ0n) is 8.75. The molecule has 78 valence electrons. The molecule has 1 heterocycles. The molecule has 1 rings (SSSR count). The highest BCUT2D eigenvalue weighted by Gasteiger charge is 2.44. The van der Waals surface area contributed by atoms with Crippen LogP contribution >= 0.6 is 0 Å². The molecular formula is C10H22N2O. The van der Waals surface area contributed by atoms with Crippen molar-refractivity contribution in [1.29, 1.82) is 0 Å². The van der Waals surface area contributed by atoms with Gasteiger partial charge >= 0.3 is 0 Å². The predicted molar refractivity (Wildman–Crippen MR) is 54.4 cm³/mol. The summed E-state index contributed by atoms with van der Waals surface area (Å²) in [7, 11) is 0. The third kappa shape index (κ3) is 1.87. The van der Waals surface area contributed by atoms with Gasteiger partial charge in [-0.2, -0.15) is 0 Å².